The molecule has 0 bridgehead atoms. The van der Waals surface area contributed by atoms with Crippen molar-refractivity contribution in [3.05, 3.63) is 46.8 Å². The summed E-state index contributed by atoms with van der Waals surface area (Å²) in [5, 5.41) is 4.70. The van der Waals surface area contributed by atoms with Crippen molar-refractivity contribution in [2.75, 3.05) is 26.2 Å². The van der Waals surface area contributed by atoms with Gasteiger partial charge in [-0.3, -0.25) is 9.69 Å². The zero-order valence-electron chi connectivity index (χ0n) is 16.1. The number of hydrogen-bond acceptors (Lipinski definition) is 5. The fraction of sp³-hybridized carbons (Fsp3) is 0.500. The number of benzene rings is 1. The molecule has 0 atom stereocenters. The summed E-state index contributed by atoms with van der Waals surface area (Å²) in [7, 11) is 0. The molecule has 146 valence electrons. The van der Waals surface area contributed by atoms with E-state index in [0.29, 0.717) is 17.3 Å². The van der Waals surface area contributed by atoms with Gasteiger partial charge in [0.15, 0.2) is 5.60 Å². The lowest BCUT2D eigenvalue weighted by Gasteiger charge is -2.31. The molecule has 1 aromatic heterocycles. The number of aromatic nitrogens is 1. The third kappa shape index (κ3) is 5.23. The molecule has 2 heterocycles. The van der Waals surface area contributed by atoms with Crippen LogP contribution in [0, 0.1) is 6.92 Å². The van der Waals surface area contributed by atoms with Gasteiger partial charge in [-0.25, -0.2) is 0 Å². The summed E-state index contributed by atoms with van der Waals surface area (Å²) in [4.78, 5) is 17.2. The summed E-state index contributed by atoms with van der Waals surface area (Å²) in [6, 6.07) is 9.03. The first-order valence-corrected chi connectivity index (χ1v) is 9.60. The highest BCUT2D eigenvalue weighted by Crippen LogP contribution is 2.23. The number of nitrogens with zero attached hydrogens (tertiary/aromatic N) is 3. The van der Waals surface area contributed by atoms with Gasteiger partial charge in [0, 0.05) is 43.8 Å². The van der Waals surface area contributed by atoms with E-state index in [1.165, 1.54) is 0 Å². The Labute approximate surface area is 165 Å². The van der Waals surface area contributed by atoms with Gasteiger partial charge in [-0.2, -0.15) is 0 Å². The lowest BCUT2D eigenvalue weighted by atomic mass is 10.1. The Balaban J connectivity index is 1.58. The molecule has 0 saturated carbocycles. The quantitative estimate of drug-likeness (QED) is 0.780. The predicted octanol–water partition coefficient (Wildman–Crippen LogP) is 3.53. The van der Waals surface area contributed by atoms with Crippen LogP contribution in [0.25, 0.3) is 0 Å². The molecule has 0 spiro atoms. The largest absolute Gasteiger partial charge is 0.478 e. The first-order chi connectivity index (χ1) is 12.8. The second kappa shape index (κ2) is 8.31. The molecule has 6 nitrogen and oxygen atoms in total. The molecule has 1 aliphatic rings. The SMILES string of the molecule is Cc1cc(CN2CCCN(C(=O)C(C)(C)Oc3ccc(Cl)cc3)CC2)no1. The molecule has 0 radical (unpaired) electrons. The highest BCUT2D eigenvalue weighted by molar-refractivity contribution is 6.30. The van der Waals surface area contributed by atoms with E-state index in [-0.39, 0.29) is 5.91 Å². The van der Waals surface area contributed by atoms with Gasteiger partial charge in [-0.1, -0.05) is 16.8 Å². The maximum absolute atomic E-state index is 13.0. The van der Waals surface area contributed by atoms with E-state index in [4.69, 9.17) is 20.9 Å². The summed E-state index contributed by atoms with van der Waals surface area (Å²) in [6.07, 6.45) is 0.916. The monoisotopic (exact) mass is 391 g/mol. The zero-order valence-corrected chi connectivity index (χ0v) is 16.8. The topological polar surface area (TPSA) is 58.8 Å². The normalized spacial score (nSPS) is 16.2. The standard InChI is InChI=1S/C20H26ClN3O3/c1-15-13-17(22-27-15)14-23-9-4-10-24(12-11-23)19(25)20(2,3)26-18-7-5-16(21)6-8-18/h5-8,13H,4,9-12,14H2,1-3H3. The Morgan fingerprint density at radius 2 is 1.96 bits per heavy atom. The fourth-order valence-corrected chi connectivity index (χ4v) is 3.40. The Morgan fingerprint density at radius 1 is 1.22 bits per heavy atom. The van der Waals surface area contributed by atoms with Crippen LogP contribution in [0.4, 0.5) is 0 Å². The van der Waals surface area contributed by atoms with Gasteiger partial charge in [0.1, 0.15) is 11.5 Å². The molecule has 1 aromatic carbocycles. The van der Waals surface area contributed by atoms with Gasteiger partial charge in [-0.15, -0.1) is 0 Å². The van der Waals surface area contributed by atoms with Crippen LogP contribution in [-0.4, -0.2) is 52.6 Å². The number of carbonyl (C=O) groups excluding carboxylic acids is 1. The Kier molecular flexibility index (Phi) is 6.07. The van der Waals surface area contributed by atoms with Crippen LogP contribution < -0.4 is 4.74 Å². The van der Waals surface area contributed by atoms with E-state index >= 15 is 0 Å². The molecule has 0 aliphatic carbocycles. The van der Waals surface area contributed by atoms with Crippen molar-refractivity contribution in [2.45, 2.75) is 39.3 Å². The Bertz CT molecular complexity index is 773. The maximum Gasteiger partial charge on any atom is 0.266 e. The van der Waals surface area contributed by atoms with Crippen molar-refractivity contribution < 1.29 is 14.1 Å². The molecule has 2 aromatic rings. The van der Waals surface area contributed by atoms with Crippen molar-refractivity contribution in [1.29, 1.82) is 0 Å². The smallest absolute Gasteiger partial charge is 0.266 e. The molecular weight excluding hydrogens is 366 g/mol. The lowest BCUT2D eigenvalue weighted by molar-refractivity contribution is -0.145. The number of aryl methyl sites for hydroxylation is 1. The van der Waals surface area contributed by atoms with Crippen LogP contribution in [0.3, 0.4) is 0 Å². The molecule has 0 unspecified atom stereocenters. The second-order valence-electron chi connectivity index (χ2n) is 7.42. The van der Waals surface area contributed by atoms with Crippen LogP contribution in [-0.2, 0) is 11.3 Å². The van der Waals surface area contributed by atoms with Crippen LogP contribution >= 0.6 is 11.6 Å². The van der Waals surface area contributed by atoms with Gasteiger partial charge in [0.25, 0.3) is 5.91 Å². The average Bonchev–Trinajstić information content (AvgIpc) is 2.89. The van der Waals surface area contributed by atoms with Crippen molar-refractivity contribution in [2.24, 2.45) is 0 Å². The molecule has 3 rings (SSSR count). The van der Waals surface area contributed by atoms with Crippen LogP contribution in [0.5, 0.6) is 5.75 Å². The lowest BCUT2D eigenvalue weighted by Crippen LogP contribution is -2.50. The highest BCUT2D eigenvalue weighted by Gasteiger charge is 2.35. The minimum atomic E-state index is -0.938. The van der Waals surface area contributed by atoms with E-state index in [0.717, 1.165) is 44.1 Å². The van der Waals surface area contributed by atoms with Crippen molar-refractivity contribution >= 4 is 17.5 Å². The summed E-state index contributed by atoms with van der Waals surface area (Å²) in [6.45, 7) is 9.37. The average molecular weight is 392 g/mol. The number of rotatable bonds is 5. The predicted molar refractivity (Wildman–Crippen MR) is 104 cm³/mol. The van der Waals surface area contributed by atoms with Crippen LogP contribution in [0.1, 0.15) is 31.7 Å². The van der Waals surface area contributed by atoms with Crippen LogP contribution in [0.15, 0.2) is 34.9 Å². The molecule has 1 fully saturated rings. The third-order valence-corrected chi connectivity index (χ3v) is 4.89. The first kappa shape index (κ1) is 19.7. The molecule has 0 N–H and O–H groups in total. The summed E-state index contributed by atoms with van der Waals surface area (Å²) < 4.78 is 11.1. The maximum atomic E-state index is 13.0. The molecular formula is C20H26ClN3O3. The Hall–Kier alpha value is -2.05. The van der Waals surface area contributed by atoms with Crippen molar-refractivity contribution in [3.63, 3.8) is 0 Å². The molecule has 27 heavy (non-hydrogen) atoms. The van der Waals surface area contributed by atoms with Gasteiger partial charge in [-0.05, 0) is 51.5 Å². The van der Waals surface area contributed by atoms with E-state index in [1.807, 2.05) is 31.7 Å². The molecule has 1 aliphatic heterocycles. The number of amides is 1. The van der Waals surface area contributed by atoms with Gasteiger partial charge < -0.3 is 14.2 Å². The third-order valence-electron chi connectivity index (χ3n) is 4.64. The summed E-state index contributed by atoms with van der Waals surface area (Å²) in [5.74, 6) is 1.45. The molecule has 7 heteroatoms. The van der Waals surface area contributed by atoms with Crippen molar-refractivity contribution in [3.8, 4) is 5.75 Å². The van der Waals surface area contributed by atoms with Gasteiger partial charge in [0.2, 0.25) is 0 Å². The number of ether oxygens (including phenoxy) is 1. The highest BCUT2D eigenvalue weighted by atomic mass is 35.5. The van der Waals surface area contributed by atoms with E-state index in [2.05, 4.69) is 10.1 Å². The number of halogens is 1. The second-order valence-corrected chi connectivity index (χ2v) is 7.85. The van der Waals surface area contributed by atoms with Gasteiger partial charge in [0.05, 0.1) is 5.69 Å². The summed E-state index contributed by atoms with van der Waals surface area (Å²) >= 11 is 5.91. The van der Waals surface area contributed by atoms with E-state index in [1.54, 1.807) is 24.3 Å². The van der Waals surface area contributed by atoms with Gasteiger partial charge >= 0.3 is 0 Å². The fourth-order valence-electron chi connectivity index (χ4n) is 3.28. The Morgan fingerprint density at radius 3 is 2.63 bits per heavy atom. The number of carbonyl (C=O) groups is 1. The minimum absolute atomic E-state index is 0.00317. The molecule has 1 saturated heterocycles. The van der Waals surface area contributed by atoms with E-state index < -0.39 is 5.60 Å². The van der Waals surface area contributed by atoms with Crippen molar-refractivity contribution in [1.82, 2.24) is 15.0 Å². The minimum Gasteiger partial charge on any atom is -0.478 e. The number of hydrogen-bond donors (Lipinski definition) is 0. The zero-order chi connectivity index (χ0) is 19.4. The van der Waals surface area contributed by atoms with E-state index in [9.17, 15) is 4.79 Å². The molecule has 1 amide bonds. The first-order valence-electron chi connectivity index (χ1n) is 9.22. The van der Waals surface area contributed by atoms with Crippen LogP contribution in [0.2, 0.25) is 5.02 Å². The summed E-state index contributed by atoms with van der Waals surface area (Å²) in [5.41, 5.74) is -0.00894.